The van der Waals surface area contributed by atoms with Gasteiger partial charge in [0.15, 0.2) is 0 Å². The Bertz CT molecular complexity index is 427. The molecule has 0 spiro atoms. The van der Waals surface area contributed by atoms with Crippen molar-refractivity contribution in [3.8, 4) is 11.4 Å². The molecule has 14 heavy (non-hydrogen) atoms. The van der Waals surface area contributed by atoms with E-state index in [0.29, 0.717) is 11.0 Å². The van der Waals surface area contributed by atoms with E-state index in [-0.39, 0.29) is 5.82 Å². The van der Waals surface area contributed by atoms with Crippen LogP contribution in [0.3, 0.4) is 0 Å². The summed E-state index contributed by atoms with van der Waals surface area (Å²) in [6.45, 7) is 0. The van der Waals surface area contributed by atoms with E-state index in [9.17, 15) is 4.39 Å². The smallest absolute Gasteiger partial charge is 0.285 e. The lowest BCUT2D eigenvalue weighted by Crippen LogP contribution is -1.80. The average Bonchev–Trinajstić information content (AvgIpc) is 2.67. The van der Waals surface area contributed by atoms with E-state index in [1.165, 1.54) is 23.9 Å². The Labute approximate surface area is 84.3 Å². The van der Waals surface area contributed by atoms with E-state index in [1.54, 1.807) is 12.1 Å². The molecule has 0 fully saturated rings. The molecule has 1 heterocycles. The summed E-state index contributed by atoms with van der Waals surface area (Å²) in [4.78, 5) is 4.09. The summed E-state index contributed by atoms with van der Waals surface area (Å²) in [6.07, 6.45) is 1.85. The SMILES string of the molecule is CSc1nc(-c2ccc(F)cc2)no1. The molecule has 2 rings (SSSR count). The number of hydrogen-bond acceptors (Lipinski definition) is 4. The molecule has 0 unspecified atom stereocenters. The molecule has 0 N–H and O–H groups in total. The Morgan fingerprint density at radius 1 is 1.29 bits per heavy atom. The number of rotatable bonds is 2. The monoisotopic (exact) mass is 210 g/mol. The Balaban J connectivity index is 2.34. The Kier molecular flexibility index (Phi) is 2.49. The van der Waals surface area contributed by atoms with E-state index in [1.807, 2.05) is 6.26 Å². The lowest BCUT2D eigenvalue weighted by atomic mass is 10.2. The molecule has 5 heteroatoms. The highest BCUT2D eigenvalue weighted by Gasteiger charge is 2.06. The highest BCUT2D eigenvalue weighted by Crippen LogP contribution is 2.19. The van der Waals surface area contributed by atoms with Gasteiger partial charge in [-0.3, -0.25) is 0 Å². The number of hydrogen-bond donors (Lipinski definition) is 0. The van der Waals surface area contributed by atoms with Crippen LogP contribution in [-0.4, -0.2) is 16.4 Å². The first-order valence-corrected chi connectivity index (χ1v) is 5.15. The second-order valence-electron chi connectivity index (χ2n) is 2.59. The lowest BCUT2D eigenvalue weighted by Gasteiger charge is -1.91. The van der Waals surface area contributed by atoms with E-state index in [4.69, 9.17) is 4.52 Å². The molecule has 1 aromatic heterocycles. The fourth-order valence-electron chi connectivity index (χ4n) is 1.01. The highest BCUT2D eigenvalue weighted by molar-refractivity contribution is 7.98. The van der Waals surface area contributed by atoms with Gasteiger partial charge in [0.05, 0.1) is 0 Å². The molecule has 3 nitrogen and oxygen atoms in total. The van der Waals surface area contributed by atoms with Crippen LogP contribution in [0.2, 0.25) is 0 Å². The maximum absolute atomic E-state index is 12.6. The summed E-state index contributed by atoms with van der Waals surface area (Å²) < 4.78 is 17.5. The van der Waals surface area contributed by atoms with Crippen molar-refractivity contribution in [1.29, 1.82) is 0 Å². The maximum Gasteiger partial charge on any atom is 0.285 e. The molecule has 0 aliphatic rings. The summed E-state index contributed by atoms with van der Waals surface area (Å²) in [5, 5.41) is 4.26. The van der Waals surface area contributed by atoms with Gasteiger partial charge in [0, 0.05) is 5.56 Å². The third-order valence-electron chi connectivity index (χ3n) is 1.68. The van der Waals surface area contributed by atoms with Crippen molar-refractivity contribution in [1.82, 2.24) is 10.1 Å². The van der Waals surface area contributed by atoms with E-state index >= 15 is 0 Å². The van der Waals surface area contributed by atoms with Gasteiger partial charge in [-0.25, -0.2) is 4.39 Å². The summed E-state index contributed by atoms with van der Waals surface area (Å²) in [5.74, 6) is 0.205. The maximum atomic E-state index is 12.6. The molecule has 0 amide bonds. The van der Waals surface area contributed by atoms with Gasteiger partial charge in [0.2, 0.25) is 5.82 Å². The Hall–Kier alpha value is -1.36. The molecule has 0 aliphatic heterocycles. The quantitative estimate of drug-likeness (QED) is 0.714. The summed E-state index contributed by atoms with van der Waals surface area (Å²) in [7, 11) is 0. The van der Waals surface area contributed by atoms with Crippen LogP contribution in [0, 0.1) is 5.82 Å². The molecular formula is C9H7FN2OS. The van der Waals surface area contributed by atoms with Gasteiger partial charge >= 0.3 is 0 Å². The number of halogens is 1. The second kappa shape index (κ2) is 3.79. The highest BCUT2D eigenvalue weighted by atomic mass is 32.2. The minimum Gasteiger partial charge on any atom is -0.327 e. The molecular weight excluding hydrogens is 203 g/mol. The Morgan fingerprint density at radius 2 is 2.00 bits per heavy atom. The second-order valence-corrected chi connectivity index (χ2v) is 3.35. The van der Waals surface area contributed by atoms with Crippen LogP contribution in [-0.2, 0) is 0 Å². The number of aromatic nitrogens is 2. The van der Waals surface area contributed by atoms with Gasteiger partial charge in [0.1, 0.15) is 5.82 Å². The van der Waals surface area contributed by atoms with Gasteiger partial charge in [-0.15, -0.1) is 0 Å². The van der Waals surface area contributed by atoms with Crippen molar-refractivity contribution >= 4 is 11.8 Å². The van der Waals surface area contributed by atoms with E-state index in [2.05, 4.69) is 10.1 Å². The van der Waals surface area contributed by atoms with Crippen LogP contribution in [0.1, 0.15) is 0 Å². The van der Waals surface area contributed by atoms with Crippen LogP contribution >= 0.6 is 11.8 Å². The van der Waals surface area contributed by atoms with Crippen molar-refractivity contribution < 1.29 is 8.91 Å². The Morgan fingerprint density at radius 3 is 2.57 bits per heavy atom. The summed E-state index contributed by atoms with van der Waals surface area (Å²) in [6, 6.07) is 5.96. The third kappa shape index (κ3) is 1.77. The third-order valence-corrected chi connectivity index (χ3v) is 2.20. The molecule has 72 valence electrons. The van der Waals surface area contributed by atoms with Crippen molar-refractivity contribution in [2.24, 2.45) is 0 Å². The van der Waals surface area contributed by atoms with Crippen molar-refractivity contribution in [3.05, 3.63) is 30.1 Å². The summed E-state index contributed by atoms with van der Waals surface area (Å²) >= 11 is 1.37. The molecule has 2 aromatic rings. The molecule has 0 aliphatic carbocycles. The topological polar surface area (TPSA) is 38.9 Å². The lowest BCUT2D eigenvalue weighted by molar-refractivity contribution is 0.341. The molecule has 1 aromatic carbocycles. The van der Waals surface area contributed by atoms with E-state index in [0.717, 1.165) is 5.56 Å². The first-order valence-electron chi connectivity index (χ1n) is 3.93. The van der Waals surface area contributed by atoms with Crippen LogP contribution < -0.4 is 0 Å². The predicted molar refractivity (Wildman–Crippen MR) is 51.5 cm³/mol. The zero-order valence-electron chi connectivity index (χ0n) is 7.40. The van der Waals surface area contributed by atoms with Gasteiger partial charge < -0.3 is 4.52 Å². The van der Waals surface area contributed by atoms with Crippen molar-refractivity contribution in [3.63, 3.8) is 0 Å². The van der Waals surface area contributed by atoms with Crippen molar-refractivity contribution in [2.75, 3.05) is 6.26 Å². The van der Waals surface area contributed by atoms with Gasteiger partial charge in [-0.2, -0.15) is 4.98 Å². The first kappa shape index (κ1) is 9.21. The fraction of sp³-hybridized carbons (Fsp3) is 0.111. The molecule has 0 saturated heterocycles. The van der Waals surface area contributed by atoms with Crippen LogP contribution in [0.15, 0.2) is 34.0 Å². The molecule has 0 radical (unpaired) electrons. The number of thioether (sulfide) groups is 1. The molecule has 0 atom stereocenters. The normalized spacial score (nSPS) is 10.4. The zero-order valence-corrected chi connectivity index (χ0v) is 8.21. The summed E-state index contributed by atoms with van der Waals surface area (Å²) in [5.41, 5.74) is 0.746. The fourth-order valence-corrected chi connectivity index (χ4v) is 1.30. The number of nitrogens with zero attached hydrogens (tertiary/aromatic N) is 2. The predicted octanol–water partition coefficient (Wildman–Crippen LogP) is 2.60. The van der Waals surface area contributed by atoms with Crippen LogP contribution in [0.5, 0.6) is 0 Å². The van der Waals surface area contributed by atoms with Gasteiger partial charge in [0.25, 0.3) is 5.22 Å². The first-order chi connectivity index (χ1) is 6.79. The van der Waals surface area contributed by atoms with Crippen LogP contribution in [0.25, 0.3) is 11.4 Å². The van der Waals surface area contributed by atoms with Gasteiger partial charge in [-0.1, -0.05) is 16.9 Å². The minimum absolute atomic E-state index is 0.276. The minimum atomic E-state index is -0.276. The standard InChI is InChI=1S/C9H7FN2OS/c1-14-9-11-8(12-13-9)6-2-4-7(10)5-3-6/h2-5H,1H3. The van der Waals surface area contributed by atoms with Gasteiger partial charge in [-0.05, 0) is 30.5 Å². The average molecular weight is 210 g/mol. The molecule has 0 saturated carbocycles. The van der Waals surface area contributed by atoms with E-state index < -0.39 is 0 Å². The van der Waals surface area contributed by atoms with Crippen molar-refractivity contribution in [2.45, 2.75) is 5.22 Å². The molecule has 0 bridgehead atoms. The zero-order chi connectivity index (χ0) is 9.97. The largest absolute Gasteiger partial charge is 0.327 e. The van der Waals surface area contributed by atoms with Crippen LogP contribution in [0.4, 0.5) is 4.39 Å². The number of benzene rings is 1.